The molecule has 0 N–H and O–H groups in total. The van der Waals surface area contributed by atoms with E-state index in [0.29, 0.717) is 5.25 Å². The Morgan fingerprint density at radius 2 is 1.88 bits per heavy atom. The summed E-state index contributed by atoms with van der Waals surface area (Å²) < 4.78 is 11.1. The van der Waals surface area contributed by atoms with Gasteiger partial charge in [0.2, 0.25) is 0 Å². The third-order valence-electron chi connectivity index (χ3n) is 2.54. The second-order valence-electron chi connectivity index (χ2n) is 3.80. The minimum Gasteiger partial charge on any atom is -0.348 e. The second-order valence-corrected chi connectivity index (χ2v) is 5.38. The molecule has 0 bridgehead atoms. The quantitative estimate of drug-likeness (QED) is 0.838. The van der Waals surface area contributed by atoms with Gasteiger partial charge in [0.15, 0.2) is 6.29 Å². The summed E-state index contributed by atoms with van der Waals surface area (Å²) in [5, 5.41) is 1.20. The molecule has 0 aromatic heterocycles. The molecule has 92 valence electrons. The van der Waals surface area contributed by atoms with E-state index >= 15 is 0 Å². The lowest BCUT2D eigenvalue weighted by molar-refractivity contribution is -0.145. The lowest BCUT2D eigenvalue weighted by Gasteiger charge is -2.26. The van der Waals surface area contributed by atoms with Gasteiger partial charge in [0.05, 0.1) is 18.5 Å². The van der Waals surface area contributed by atoms with Crippen LogP contribution in [0.15, 0.2) is 30.3 Å². The molecule has 0 spiro atoms. The van der Waals surface area contributed by atoms with Crippen LogP contribution in [0.4, 0.5) is 0 Å². The highest BCUT2D eigenvalue weighted by Crippen LogP contribution is 2.17. The summed E-state index contributed by atoms with van der Waals surface area (Å²) in [6, 6.07) is 7.67. The fourth-order valence-corrected chi connectivity index (χ4v) is 2.07. The van der Waals surface area contributed by atoms with Crippen molar-refractivity contribution in [1.29, 1.82) is 0 Å². The zero-order valence-electron chi connectivity index (χ0n) is 9.64. The topological polar surface area (TPSA) is 18.5 Å². The zero-order chi connectivity index (χ0) is 12.1. The van der Waals surface area contributed by atoms with Gasteiger partial charge >= 0.3 is 0 Å². The van der Waals surface area contributed by atoms with Gasteiger partial charge < -0.3 is 9.47 Å². The van der Waals surface area contributed by atoms with E-state index in [-0.39, 0.29) is 6.29 Å². The molecular formula is C13H15ClO2S. The molecule has 0 saturated carbocycles. The van der Waals surface area contributed by atoms with Crippen LogP contribution in [0.2, 0.25) is 5.02 Å². The Balaban J connectivity index is 1.87. The predicted octanol–water partition coefficient (Wildman–Crippen LogP) is 3.46. The Hall–Kier alpha value is -0.480. The highest BCUT2D eigenvalue weighted by Gasteiger charge is 2.18. The van der Waals surface area contributed by atoms with Crippen LogP contribution in [0.1, 0.15) is 5.56 Å². The van der Waals surface area contributed by atoms with E-state index in [9.17, 15) is 0 Å². The first-order chi connectivity index (χ1) is 8.28. The van der Waals surface area contributed by atoms with Crippen molar-refractivity contribution in [2.75, 3.05) is 19.5 Å². The third-order valence-corrected chi connectivity index (χ3v) is 3.73. The third kappa shape index (κ3) is 4.03. The molecule has 2 nitrogen and oxygen atoms in total. The van der Waals surface area contributed by atoms with Crippen LogP contribution >= 0.6 is 23.4 Å². The molecule has 1 fully saturated rings. The van der Waals surface area contributed by atoms with Gasteiger partial charge in [0.25, 0.3) is 0 Å². The molecule has 0 atom stereocenters. The minimum atomic E-state index is -0.228. The van der Waals surface area contributed by atoms with Crippen molar-refractivity contribution < 1.29 is 9.47 Å². The molecule has 0 amide bonds. The molecule has 1 saturated heterocycles. The molecular weight excluding hydrogens is 256 g/mol. The van der Waals surface area contributed by atoms with Crippen LogP contribution in [0, 0.1) is 0 Å². The Morgan fingerprint density at radius 3 is 2.47 bits per heavy atom. The van der Waals surface area contributed by atoms with E-state index in [4.69, 9.17) is 21.1 Å². The molecule has 0 unspecified atom stereocenters. The molecule has 1 aromatic rings. The first kappa shape index (κ1) is 13.0. The van der Waals surface area contributed by atoms with Gasteiger partial charge in [-0.05, 0) is 30.0 Å². The lowest BCUT2D eigenvalue weighted by atomic mass is 10.2. The van der Waals surface area contributed by atoms with Gasteiger partial charge in [-0.25, -0.2) is 0 Å². The van der Waals surface area contributed by atoms with E-state index < -0.39 is 0 Å². The maximum atomic E-state index is 5.82. The van der Waals surface area contributed by atoms with Gasteiger partial charge in [-0.15, -0.1) is 0 Å². The SMILES string of the molecule is CSC1COC(C=Cc2ccc(Cl)cc2)OC1. The van der Waals surface area contributed by atoms with E-state index in [1.807, 2.05) is 36.4 Å². The van der Waals surface area contributed by atoms with Crippen LogP contribution in [-0.2, 0) is 9.47 Å². The van der Waals surface area contributed by atoms with Crippen molar-refractivity contribution in [3.63, 3.8) is 0 Å². The smallest absolute Gasteiger partial charge is 0.177 e. The Kier molecular flexibility index (Phi) is 4.92. The minimum absolute atomic E-state index is 0.228. The maximum Gasteiger partial charge on any atom is 0.177 e. The number of hydrogen-bond acceptors (Lipinski definition) is 3. The van der Waals surface area contributed by atoms with Crippen molar-refractivity contribution in [3.05, 3.63) is 40.9 Å². The molecule has 2 rings (SSSR count). The summed E-state index contributed by atoms with van der Waals surface area (Å²) in [5.41, 5.74) is 1.09. The first-order valence-corrected chi connectivity index (χ1v) is 7.14. The summed E-state index contributed by atoms with van der Waals surface area (Å²) >= 11 is 7.59. The Bertz CT molecular complexity index is 370. The largest absolute Gasteiger partial charge is 0.348 e. The second kappa shape index (κ2) is 6.45. The monoisotopic (exact) mass is 270 g/mol. The predicted molar refractivity (Wildman–Crippen MR) is 73.5 cm³/mol. The van der Waals surface area contributed by atoms with E-state index in [1.165, 1.54) is 0 Å². The molecule has 0 radical (unpaired) electrons. The van der Waals surface area contributed by atoms with Crippen molar-refractivity contribution >= 4 is 29.4 Å². The number of hydrogen-bond donors (Lipinski definition) is 0. The number of rotatable bonds is 3. The zero-order valence-corrected chi connectivity index (χ0v) is 11.2. The van der Waals surface area contributed by atoms with Crippen molar-refractivity contribution in [2.24, 2.45) is 0 Å². The summed E-state index contributed by atoms with van der Waals surface area (Å²) in [7, 11) is 0. The van der Waals surface area contributed by atoms with E-state index in [2.05, 4.69) is 6.26 Å². The average molecular weight is 271 g/mol. The van der Waals surface area contributed by atoms with Gasteiger partial charge in [0.1, 0.15) is 0 Å². The number of thioether (sulfide) groups is 1. The van der Waals surface area contributed by atoms with E-state index in [1.54, 1.807) is 11.8 Å². The first-order valence-electron chi connectivity index (χ1n) is 5.47. The summed E-state index contributed by atoms with van der Waals surface area (Å²) in [5.74, 6) is 0. The van der Waals surface area contributed by atoms with Crippen LogP contribution in [0.25, 0.3) is 6.08 Å². The molecule has 1 aliphatic rings. The number of halogens is 1. The van der Waals surface area contributed by atoms with Crippen molar-refractivity contribution in [3.8, 4) is 0 Å². The molecule has 0 aliphatic carbocycles. The summed E-state index contributed by atoms with van der Waals surface area (Å²) in [6.07, 6.45) is 5.76. The average Bonchev–Trinajstić information content (AvgIpc) is 2.39. The number of benzene rings is 1. The molecule has 1 heterocycles. The highest BCUT2D eigenvalue weighted by molar-refractivity contribution is 7.99. The van der Waals surface area contributed by atoms with Gasteiger partial charge in [-0.1, -0.05) is 29.8 Å². The summed E-state index contributed by atoms with van der Waals surface area (Å²) in [6.45, 7) is 1.49. The lowest BCUT2D eigenvalue weighted by Crippen LogP contribution is -2.32. The fourth-order valence-electron chi connectivity index (χ4n) is 1.51. The van der Waals surface area contributed by atoms with E-state index in [0.717, 1.165) is 23.8 Å². The van der Waals surface area contributed by atoms with Crippen molar-refractivity contribution in [2.45, 2.75) is 11.5 Å². The van der Waals surface area contributed by atoms with Crippen LogP contribution < -0.4 is 0 Å². The standard InChI is InChI=1S/C13H15ClO2S/c1-17-12-8-15-13(16-9-12)7-4-10-2-5-11(14)6-3-10/h2-7,12-13H,8-9H2,1H3. The fraction of sp³-hybridized carbons (Fsp3) is 0.385. The van der Waals surface area contributed by atoms with Crippen molar-refractivity contribution in [1.82, 2.24) is 0 Å². The molecule has 17 heavy (non-hydrogen) atoms. The molecule has 1 aromatic carbocycles. The normalized spacial score (nSPS) is 25.3. The van der Waals surface area contributed by atoms with Gasteiger partial charge in [-0.2, -0.15) is 11.8 Å². The maximum absolute atomic E-state index is 5.82. The van der Waals surface area contributed by atoms with Gasteiger partial charge in [0, 0.05) is 5.02 Å². The summed E-state index contributed by atoms with van der Waals surface area (Å²) in [4.78, 5) is 0. The van der Waals surface area contributed by atoms with Crippen LogP contribution in [-0.4, -0.2) is 31.0 Å². The molecule has 4 heteroatoms. The van der Waals surface area contributed by atoms with Crippen LogP contribution in [0.3, 0.4) is 0 Å². The van der Waals surface area contributed by atoms with Gasteiger partial charge in [-0.3, -0.25) is 0 Å². The Morgan fingerprint density at radius 1 is 1.24 bits per heavy atom. The highest BCUT2D eigenvalue weighted by atomic mass is 35.5. The number of ether oxygens (including phenoxy) is 2. The Labute approximate surface area is 111 Å². The molecule has 1 aliphatic heterocycles. The van der Waals surface area contributed by atoms with Crippen LogP contribution in [0.5, 0.6) is 0 Å².